The van der Waals surface area contributed by atoms with Crippen molar-refractivity contribution in [1.82, 2.24) is 9.97 Å². The lowest BCUT2D eigenvalue weighted by Crippen LogP contribution is -2.13. The Hall–Kier alpha value is -1.95. The zero-order valence-corrected chi connectivity index (χ0v) is 12.7. The predicted octanol–water partition coefficient (Wildman–Crippen LogP) is 3.09. The van der Waals surface area contributed by atoms with E-state index in [1.165, 1.54) is 11.3 Å². The first-order valence-electron chi connectivity index (χ1n) is 6.55. The number of carbonyl (C=O) groups is 1. The van der Waals surface area contributed by atoms with Crippen LogP contribution in [0.1, 0.15) is 34.3 Å². The molecule has 0 aliphatic rings. The molecule has 0 aliphatic carbocycles. The molecule has 2 N–H and O–H groups in total. The topological polar surface area (TPSA) is 66.9 Å². The molecule has 0 saturated heterocycles. The molecule has 0 radical (unpaired) electrons. The number of pyridine rings is 1. The fourth-order valence-electron chi connectivity index (χ4n) is 1.81. The Morgan fingerprint density at radius 2 is 2.20 bits per heavy atom. The third-order valence-corrected chi connectivity index (χ3v) is 3.57. The van der Waals surface area contributed by atoms with Crippen molar-refractivity contribution in [2.45, 2.75) is 26.7 Å². The maximum absolute atomic E-state index is 12.2. The quantitative estimate of drug-likeness (QED) is 0.888. The maximum Gasteiger partial charge on any atom is 0.257 e. The van der Waals surface area contributed by atoms with Gasteiger partial charge in [-0.25, -0.2) is 9.97 Å². The number of hydrogen-bond donors (Lipinski definition) is 2. The summed E-state index contributed by atoms with van der Waals surface area (Å²) in [6.45, 7) is 4.05. The molecule has 0 fully saturated rings. The molecule has 2 rings (SSSR count). The van der Waals surface area contributed by atoms with Crippen LogP contribution in [0.25, 0.3) is 0 Å². The number of rotatable bonds is 5. The lowest BCUT2D eigenvalue weighted by Gasteiger charge is -2.08. The summed E-state index contributed by atoms with van der Waals surface area (Å²) in [6, 6.07) is 3.58. The molecule has 0 saturated carbocycles. The average molecular weight is 290 g/mol. The Bertz CT molecular complexity index is 609. The summed E-state index contributed by atoms with van der Waals surface area (Å²) in [6.07, 6.45) is 3.59. The highest BCUT2D eigenvalue weighted by Crippen LogP contribution is 2.18. The van der Waals surface area contributed by atoms with E-state index in [0.717, 1.165) is 23.4 Å². The molecule has 0 unspecified atom stereocenters. The number of anilines is 2. The number of aryl methyl sites for hydroxylation is 2. The van der Waals surface area contributed by atoms with Gasteiger partial charge >= 0.3 is 0 Å². The summed E-state index contributed by atoms with van der Waals surface area (Å²) >= 11 is 1.46. The molecule has 2 aromatic heterocycles. The zero-order chi connectivity index (χ0) is 14.5. The third-order valence-electron chi connectivity index (χ3n) is 2.74. The van der Waals surface area contributed by atoms with Gasteiger partial charge in [0.15, 0.2) is 5.13 Å². The number of carbonyl (C=O) groups excluding carboxylic acids is 1. The van der Waals surface area contributed by atoms with Gasteiger partial charge in [0.25, 0.3) is 5.91 Å². The maximum atomic E-state index is 12.2. The van der Waals surface area contributed by atoms with Crippen LogP contribution < -0.4 is 10.6 Å². The van der Waals surface area contributed by atoms with E-state index in [4.69, 9.17) is 0 Å². The summed E-state index contributed by atoms with van der Waals surface area (Å²) in [4.78, 5) is 21.9. The van der Waals surface area contributed by atoms with Crippen molar-refractivity contribution in [3.05, 3.63) is 34.5 Å². The molecule has 106 valence electrons. The largest absolute Gasteiger partial charge is 0.373 e. The van der Waals surface area contributed by atoms with Gasteiger partial charge in [-0.15, -0.1) is 11.3 Å². The molecule has 0 atom stereocenters. The Labute approximate surface area is 122 Å². The van der Waals surface area contributed by atoms with Crippen LogP contribution >= 0.6 is 11.3 Å². The minimum atomic E-state index is -0.157. The van der Waals surface area contributed by atoms with Crippen molar-refractivity contribution in [1.29, 1.82) is 0 Å². The Morgan fingerprint density at radius 1 is 1.40 bits per heavy atom. The van der Waals surface area contributed by atoms with Crippen molar-refractivity contribution >= 4 is 28.2 Å². The molecule has 0 bridgehead atoms. The van der Waals surface area contributed by atoms with Crippen LogP contribution in [0, 0.1) is 6.92 Å². The first-order valence-corrected chi connectivity index (χ1v) is 7.36. The summed E-state index contributed by atoms with van der Waals surface area (Å²) in [7, 11) is 1.80. The number of nitrogens with one attached hydrogen (secondary N) is 2. The van der Waals surface area contributed by atoms with Crippen LogP contribution in [0.3, 0.4) is 0 Å². The van der Waals surface area contributed by atoms with Crippen LogP contribution in [-0.4, -0.2) is 22.9 Å². The lowest BCUT2D eigenvalue weighted by molar-refractivity contribution is 0.102. The Kier molecular flexibility index (Phi) is 4.68. The molecule has 20 heavy (non-hydrogen) atoms. The molecule has 0 spiro atoms. The molecule has 0 aromatic carbocycles. The van der Waals surface area contributed by atoms with Crippen LogP contribution in [0.5, 0.6) is 0 Å². The van der Waals surface area contributed by atoms with E-state index in [1.54, 1.807) is 19.3 Å². The number of amides is 1. The molecule has 1 amide bonds. The van der Waals surface area contributed by atoms with Crippen molar-refractivity contribution in [3.63, 3.8) is 0 Å². The predicted molar refractivity (Wildman–Crippen MR) is 82.6 cm³/mol. The van der Waals surface area contributed by atoms with Crippen LogP contribution in [0.15, 0.2) is 18.3 Å². The van der Waals surface area contributed by atoms with Gasteiger partial charge in [0.2, 0.25) is 0 Å². The van der Waals surface area contributed by atoms with Gasteiger partial charge in [0.05, 0.1) is 0 Å². The summed E-state index contributed by atoms with van der Waals surface area (Å²) < 4.78 is 0. The molecule has 5 nitrogen and oxygen atoms in total. The van der Waals surface area contributed by atoms with Gasteiger partial charge < -0.3 is 5.32 Å². The average Bonchev–Trinajstić information content (AvgIpc) is 2.84. The second-order valence-corrected chi connectivity index (χ2v) is 5.70. The fourth-order valence-corrected chi connectivity index (χ4v) is 2.47. The van der Waals surface area contributed by atoms with E-state index < -0.39 is 0 Å². The summed E-state index contributed by atoms with van der Waals surface area (Å²) in [5.41, 5.74) is 1.51. The first-order chi connectivity index (χ1) is 9.62. The van der Waals surface area contributed by atoms with E-state index >= 15 is 0 Å². The van der Waals surface area contributed by atoms with Crippen molar-refractivity contribution in [2.24, 2.45) is 0 Å². The van der Waals surface area contributed by atoms with Crippen molar-refractivity contribution in [2.75, 3.05) is 17.7 Å². The smallest absolute Gasteiger partial charge is 0.257 e. The third kappa shape index (κ3) is 3.54. The van der Waals surface area contributed by atoms with E-state index in [1.807, 2.05) is 13.0 Å². The highest BCUT2D eigenvalue weighted by atomic mass is 32.1. The van der Waals surface area contributed by atoms with E-state index in [0.29, 0.717) is 16.5 Å². The van der Waals surface area contributed by atoms with Gasteiger partial charge in [-0.2, -0.15) is 0 Å². The van der Waals surface area contributed by atoms with Crippen LogP contribution in [0.2, 0.25) is 0 Å². The number of thiazole rings is 1. The van der Waals surface area contributed by atoms with Crippen molar-refractivity contribution < 1.29 is 4.79 Å². The molecule has 6 heteroatoms. The standard InChI is InChI=1S/C14H18N4OS/c1-4-5-11-6-10(7-12(15-3)17-11)13(19)18-14-16-8-9(2)20-14/h6-8H,4-5H2,1-3H3,(H,15,17)(H,16,18,19). The van der Waals surface area contributed by atoms with Crippen LogP contribution in [0.4, 0.5) is 10.9 Å². The summed E-state index contributed by atoms with van der Waals surface area (Å²) in [5.74, 6) is 0.548. The number of hydrogen-bond acceptors (Lipinski definition) is 5. The van der Waals surface area contributed by atoms with Crippen LogP contribution in [-0.2, 0) is 6.42 Å². The first kappa shape index (κ1) is 14.5. The summed E-state index contributed by atoms with van der Waals surface area (Å²) in [5, 5.41) is 6.42. The van der Waals surface area contributed by atoms with Gasteiger partial charge in [-0.3, -0.25) is 10.1 Å². The molecular weight excluding hydrogens is 272 g/mol. The van der Waals surface area contributed by atoms with E-state index in [-0.39, 0.29) is 5.91 Å². The second kappa shape index (κ2) is 6.47. The second-order valence-electron chi connectivity index (χ2n) is 4.46. The normalized spacial score (nSPS) is 10.3. The lowest BCUT2D eigenvalue weighted by atomic mass is 10.1. The Balaban J connectivity index is 2.21. The highest BCUT2D eigenvalue weighted by Gasteiger charge is 2.11. The highest BCUT2D eigenvalue weighted by molar-refractivity contribution is 7.15. The van der Waals surface area contributed by atoms with Crippen molar-refractivity contribution in [3.8, 4) is 0 Å². The van der Waals surface area contributed by atoms with Gasteiger partial charge in [0.1, 0.15) is 5.82 Å². The number of nitrogens with zero attached hydrogens (tertiary/aromatic N) is 2. The van der Waals surface area contributed by atoms with E-state index in [9.17, 15) is 4.79 Å². The Morgan fingerprint density at radius 3 is 2.80 bits per heavy atom. The molecular formula is C14H18N4OS. The monoisotopic (exact) mass is 290 g/mol. The van der Waals surface area contributed by atoms with Gasteiger partial charge in [-0.1, -0.05) is 13.3 Å². The molecule has 0 aliphatic heterocycles. The minimum Gasteiger partial charge on any atom is -0.373 e. The minimum absolute atomic E-state index is 0.157. The fraction of sp³-hybridized carbons (Fsp3) is 0.357. The SMILES string of the molecule is CCCc1cc(C(=O)Nc2ncc(C)s2)cc(NC)n1. The molecule has 2 aromatic rings. The number of aromatic nitrogens is 2. The van der Waals surface area contributed by atoms with E-state index in [2.05, 4.69) is 27.5 Å². The zero-order valence-electron chi connectivity index (χ0n) is 11.9. The van der Waals surface area contributed by atoms with Gasteiger partial charge in [0, 0.05) is 29.4 Å². The molecule has 2 heterocycles. The van der Waals surface area contributed by atoms with Gasteiger partial charge in [-0.05, 0) is 25.5 Å².